The van der Waals surface area contributed by atoms with E-state index in [1.165, 1.54) is 24.4 Å². The summed E-state index contributed by atoms with van der Waals surface area (Å²) in [5.74, 6) is -2.05. The molecule has 3 rings (SSSR count). The van der Waals surface area contributed by atoms with Crippen LogP contribution >= 0.6 is 0 Å². The Morgan fingerprint density at radius 2 is 1.66 bits per heavy atom. The number of benzene rings is 3. The van der Waals surface area contributed by atoms with Crippen molar-refractivity contribution in [2.45, 2.75) is 0 Å². The van der Waals surface area contributed by atoms with Crippen LogP contribution in [0.5, 0.6) is 5.75 Å². The first kappa shape index (κ1) is 22.1. The average Bonchev–Trinajstić information content (AvgIpc) is 2.79. The monoisotopic (exact) mass is 426 g/mol. The summed E-state index contributed by atoms with van der Waals surface area (Å²) in [6.45, 7) is 3.94. The zero-order valence-electron chi connectivity index (χ0n) is 17.2. The maximum Gasteiger partial charge on any atom is 0.337 e. The molecular weight excluding hydrogens is 404 g/mol. The van der Waals surface area contributed by atoms with Crippen molar-refractivity contribution in [2.24, 2.45) is 5.73 Å². The van der Waals surface area contributed by atoms with Gasteiger partial charge in [0, 0.05) is 0 Å². The molecule has 5 N–H and O–H groups in total. The molecule has 0 spiro atoms. The Bertz CT molecular complexity index is 1230. The largest absolute Gasteiger partial charge is 0.507 e. The summed E-state index contributed by atoms with van der Waals surface area (Å²) in [6, 6.07) is 18.6. The van der Waals surface area contributed by atoms with Crippen molar-refractivity contribution in [3.63, 3.8) is 0 Å². The quantitative estimate of drug-likeness (QED) is 0.395. The Kier molecular flexibility index (Phi) is 6.88. The summed E-state index contributed by atoms with van der Waals surface area (Å²) in [6.07, 6.45) is 6.42. The number of carbonyl (C=O) groups excluding carboxylic acids is 1. The minimum absolute atomic E-state index is 0.00660. The smallest absolute Gasteiger partial charge is 0.337 e. The third-order valence-electron chi connectivity index (χ3n) is 4.74. The maximum absolute atomic E-state index is 13.0. The Hall–Kier alpha value is -4.58. The van der Waals surface area contributed by atoms with Crippen LogP contribution in [0, 0.1) is 0 Å². The van der Waals surface area contributed by atoms with Gasteiger partial charge in [0.15, 0.2) is 0 Å². The number of rotatable bonds is 7. The van der Waals surface area contributed by atoms with Crippen molar-refractivity contribution < 1.29 is 19.8 Å². The van der Waals surface area contributed by atoms with Gasteiger partial charge >= 0.3 is 5.97 Å². The number of phenolic OH excluding ortho intramolecular Hbond substituents is 1. The molecule has 3 aromatic rings. The molecular formula is C26H22N2O4. The number of carbonyl (C=O) groups is 2. The molecule has 0 unspecified atom stereocenters. The van der Waals surface area contributed by atoms with Gasteiger partial charge in [0.25, 0.3) is 5.91 Å². The number of nitrogens with one attached hydrogen (secondary N) is 1. The predicted octanol–water partition coefficient (Wildman–Crippen LogP) is 5.05. The molecule has 32 heavy (non-hydrogen) atoms. The van der Waals surface area contributed by atoms with Gasteiger partial charge in [0.1, 0.15) is 5.75 Å². The van der Waals surface area contributed by atoms with E-state index >= 15 is 0 Å². The molecule has 6 nitrogen and oxygen atoms in total. The van der Waals surface area contributed by atoms with E-state index in [4.69, 9.17) is 5.73 Å². The summed E-state index contributed by atoms with van der Waals surface area (Å²) in [5, 5.41) is 22.4. The van der Waals surface area contributed by atoms with Crippen molar-refractivity contribution in [1.29, 1.82) is 0 Å². The minimum Gasteiger partial charge on any atom is -0.507 e. The lowest BCUT2D eigenvalue weighted by molar-refractivity contribution is 0.0698. The van der Waals surface area contributed by atoms with Gasteiger partial charge in [0.2, 0.25) is 0 Å². The molecule has 0 heterocycles. The van der Waals surface area contributed by atoms with E-state index in [0.29, 0.717) is 11.1 Å². The number of amides is 1. The molecule has 0 fully saturated rings. The number of phenols is 1. The van der Waals surface area contributed by atoms with Crippen LogP contribution in [0.1, 0.15) is 26.3 Å². The summed E-state index contributed by atoms with van der Waals surface area (Å²) in [4.78, 5) is 24.6. The molecule has 0 atom stereocenters. The van der Waals surface area contributed by atoms with Crippen LogP contribution in [0.25, 0.3) is 16.7 Å². The molecule has 3 aromatic carbocycles. The van der Waals surface area contributed by atoms with E-state index in [2.05, 4.69) is 11.9 Å². The second-order valence-corrected chi connectivity index (χ2v) is 6.89. The molecule has 0 aliphatic carbocycles. The van der Waals surface area contributed by atoms with Gasteiger partial charge in [-0.2, -0.15) is 0 Å². The Morgan fingerprint density at radius 1 is 0.906 bits per heavy atom. The minimum atomic E-state index is -1.18. The highest BCUT2D eigenvalue weighted by atomic mass is 16.4. The average molecular weight is 426 g/mol. The highest BCUT2D eigenvalue weighted by molar-refractivity contribution is 6.10. The molecule has 1 amide bonds. The lowest BCUT2D eigenvalue weighted by atomic mass is 10.0. The van der Waals surface area contributed by atoms with Gasteiger partial charge in [-0.15, -0.1) is 0 Å². The van der Waals surface area contributed by atoms with Gasteiger partial charge in [-0.3, -0.25) is 4.79 Å². The van der Waals surface area contributed by atoms with Crippen molar-refractivity contribution in [1.82, 2.24) is 0 Å². The fraction of sp³-hybridized carbons (Fsp3) is 0. The molecule has 0 saturated carbocycles. The summed E-state index contributed by atoms with van der Waals surface area (Å²) in [5.41, 5.74) is 8.20. The van der Waals surface area contributed by atoms with Crippen LogP contribution in [0.3, 0.4) is 0 Å². The number of hydrogen-bond acceptors (Lipinski definition) is 4. The van der Waals surface area contributed by atoms with Gasteiger partial charge in [0.05, 0.1) is 16.8 Å². The Labute approximate surface area is 185 Å². The Morgan fingerprint density at radius 3 is 2.34 bits per heavy atom. The summed E-state index contributed by atoms with van der Waals surface area (Å²) < 4.78 is 0. The number of allylic oxidation sites excluding steroid dienone is 4. The van der Waals surface area contributed by atoms with Crippen molar-refractivity contribution in [3.8, 4) is 16.9 Å². The molecule has 0 aliphatic rings. The maximum atomic E-state index is 13.0. The molecule has 0 saturated heterocycles. The molecule has 160 valence electrons. The van der Waals surface area contributed by atoms with E-state index in [-0.39, 0.29) is 22.6 Å². The van der Waals surface area contributed by atoms with E-state index in [1.807, 2.05) is 30.3 Å². The van der Waals surface area contributed by atoms with Gasteiger partial charge in [-0.1, -0.05) is 61.2 Å². The second-order valence-electron chi connectivity index (χ2n) is 6.89. The highest BCUT2D eigenvalue weighted by Gasteiger charge is 2.18. The van der Waals surface area contributed by atoms with Crippen molar-refractivity contribution in [3.05, 3.63) is 114 Å². The number of nitrogens with two attached hydrogens (primary N) is 1. The number of aromatic hydroxyl groups is 1. The lowest BCUT2D eigenvalue weighted by Crippen LogP contribution is -2.15. The van der Waals surface area contributed by atoms with Crippen LogP contribution in [0.2, 0.25) is 0 Å². The van der Waals surface area contributed by atoms with Crippen LogP contribution in [-0.2, 0) is 0 Å². The molecule has 0 radical (unpaired) electrons. The zero-order valence-corrected chi connectivity index (χ0v) is 17.2. The number of carboxylic acids is 1. The first-order valence-corrected chi connectivity index (χ1v) is 9.72. The highest BCUT2D eigenvalue weighted by Crippen LogP contribution is 2.28. The molecule has 0 bridgehead atoms. The number of aromatic carboxylic acids is 1. The summed E-state index contributed by atoms with van der Waals surface area (Å²) >= 11 is 0. The first-order chi connectivity index (χ1) is 15.4. The van der Waals surface area contributed by atoms with Crippen molar-refractivity contribution in [2.75, 3.05) is 5.32 Å². The lowest BCUT2D eigenvalue weighted by Gasteiger charge is -2.13. The normalized spacial score (nSPS) is 11.0. The number of carboxylic acid groups (broad SMARTS) is 1. The third-order valence-corrected chi connectivity index (χ3v) is 4.74. The van der Waals surface area contributed by atoms with Crippen LogP contribution in [0.15, 0.2) is 97.7 Å². The third kappa shape index (κ3) is 5.12. The van der Waals surface area contributed by atoms with Gasteiger partial charge in [-0.25, -0.2) is 4.79 Å². The van der Waals surface area contributed by atoms with E-state index in [0.717, 1.165) is 11.1 Å². The molecule has 0 aliphatic heterocycles. The van der Waals surface area contributed by atoms with Gasteiger partial charge in [-0.05, 0) is 58.8 Å². The van der Waals surface area contributed by atoms with Crippen LogP contribution in [-0.4, -0.2) is 22.1 Å². The predicted molar refractivity (Wildman–Crippen MR) is 126 cm³/mol. The standard InChI is InChI=1S/C26H22N2O4/c1-17(7-5-6-14-27)19-11-13-24(29)22(15-19)25(30)28-23-16-20(10-12-21(23)26(31)32)18-8-3-2-4-9-18/h2-16,29H,1,27H2,(H,28,30)(H,31,32)/b7-5-,14-6-. The fourth-order valence-electron chi connectivity index (χ4n) is 3.08. The zero-order chi connectivity index (χ0) is 23.1. The Balaban J connectivity index is 1.95. The molecule has 0 aromatic heterocycles. The van der Waals surface area contributed by atoms with E-state index < -0.39 is 11.9 Å². The summed E-state index contributed by atoms with van der Waals surface area (Å²) in [7, 11) is 0. The van der Waals surface area contributed by atoms with Crippen molar-refractivity contribution >= 4 is 23.1 Å². The first-order valence-electron chi connectivity index (χ1n) is 9.72. The fourth-order valence-corrected chi connectivity index (χ4v) is 3.08. The topological polar surface area (TPSA) is 113 Å². The molecule has 6 heteroatoms. The number of hydrogen-bond donors (Lipinski definition) is 4. The van der Waals surface area contributed by atoms with Crippen LogP contribution < -0.4 is 11.1 Å². The number of anilines is 1. The SMILES string of the molecule is C=C(/C=C\C=C/N)c1ccc(O)c(C(=O)Nc2cc(-c3ccccc3)ccc2C(=O)O)c1. The van der Waals surface area contributed by atoms with Crippen LogP contribution in [0.4, 0.5) is 5.69 Å². The van der Waals surface area contributed by atoms with Gasteiger partial charge < -0.3 is 21.3 Å². The van der Waals surface area contributed by atoms with E-state index in [1.54, 1.807) is 36.4 Å². The second kappa shape index (κ2) is 9.95. The van der Waals surface area contributed by atoms with E-state index in [9.17, 15) is 19.8 Å².